The molecule has 0 spiro atoms. The first-order valence-electron chi connectivity index (χ1n) is 10.2. The molecule has 1 amide bonds. The molecule has 1 aromatic heterocycles. The first-order chi connectivity index (χ1) is 14.2. The molecular formula is C23H27N3O3. The molecule has 4 rings (SSSR count). The van der Waals surface area contributed by atoms with E-state index in [-0.39, 0.29) is 24.7 Å². The van der Waals surface area contributed by atoms with Crippen molar-refractivity contribution in [3.8, 4) is 5.75 Å². The van der Waals surface area contributed by atoms with Crippen LogP contribution in [-0.4, -0.2) is 34.9 Å². The summed E-state index contributed by atoms with van der Waals surface area (Å²) in [6.07, 6.45) is 5.71. The number of carbonyl (C=O) groups is 1. The predicted molar refractivity (Wildman–Crippen MR) is 112 cm³/mol. The van der Waals surface area contributed by atoms with E-state index in [2.05, 4.69) is 22.4 Å². The number of rotatable bonds is 7. The SMILES string of the molecule is Cc1c(OC2CCC(NC(=O)COCc3ccccc3)CC2)ccc2[nH]ncc12. The topological polar surface area (TPSA) is 76.2 Å². The minimum atomic E-state index is -0.0495. The fourth-order valence-corrected chi connectivity index (χ4v) is 3.88. The van der Waals surface area contributed by atoms with E-state index in [9.17, 15) is 4.79 Å². The molecule has 1 aliphatic rings. The number of H-pyrrole nitrogens is 1. The van der Waals surface area contributed by atoms with Gasteiger partial charge in [0.1, 0.15) is 12.4 Å². The van der Waals surface area contributed by atoms with Crippen LogP contribution >= 0.6 is 0 Å². The van der Waals surface area contributed by atoms with Crippen LogP contribution in [0.25, 0.3) is 10.9 Å². The Morgan fingerprint density at radius 3 is 2.72 bits per heavy atom. The fourth-order valence-electron chi connectivity index (χ4n) is 3.88. The molecule has 1 fully saturated rings. The third kappa shape index (κ3) is 4.95. The Kier molecular flexibility index (Phi) is 6.10. The molecule has 0 unspecified atom stereocenters. The zero-order chi connectivity index (χ0) is 20.1. The number of benzene rings is 2. The highest BCUT2D eigenvalue weighted by molar-refractivity contribution is 5.83. The summed E-state index contributed by atoms with van der Waals surface area (Å²) in [6.45, 7) is 2.61. The van der Waals surface area contributed by atoms with Crippen molar-refractivity contribution >= 4 is 16.8 Å². The molecule has 3 aromatic rings. The van der Waals surface area contributed by atoms with Crippen molar-refractivity contribution in [1.82, 2.24) is 15.5 Å². The van der Waals surface area contributed by atoms with Crippen LogP contribution in [0.5, 0.6) is 5.75 Å². The lowest BCUT2D eigenvalue weighted by molar-refractivity contribution is -0.127. The summed E-state index contributed by atoms with van der Waals surface area (Å²) in [6, 6.07) is 14.1. The number of carbonyl (C=O) groups excluding carboxylic acids is 1. The molecule has 1 heterocycles. The van der Waals surface area contributed by atoms with Gasteiger partial charge in [0, 0.05) is 17.0 Å². The van der Waals surface area contributed by atoms with Gasteiger partial charge in [0.25, 0.3) is 0 Å². The second kappa shape index (κ2) is 9.09. The van der Waals surface area contributed by atoms with Crippen molar-refractivity contribution in [2.75, 3.05) is 6.61 Å². The van der Waals surface area contributed by atoms with Gasteiger partial charge in [0.2, 0.25) is 5.91 Å². The zero-order valence-electron chi connectivity index (χ0n) is 16.7. The quantitative estimate of drug-likeness (QED) is 0.638. The van der Waals surface area contributed by atoms with Crippen LogP contribution in [0.3, 0.4) is 0 Å². The number of hydrogen-bond acceptors (Lipinski definition) is 4. The van der Waals surface area contributed by atoms with E-state index in [1.54, 1.807) is 0 Å². The maximum Gasteiger partial charge on any atom is 0.246 e. The standard InChI is InChI=1S/C23H27N3O3/c1-16-20-13-24-26-21(20)11-12-22(16)29-19-9-7-18(8-10-19)25-23(27)15-28-14-17-5-3-2-4-6-17/h2-6,11-13,18-19H,7-10,14-15H2,1H3,(H,24,26)(H,25,27). The fraction of sp³-hybridized carbons (Fsp3) is 0.391. The highest BCUT2D eigenvalue weighted by atomic mass is 16.5. The van der Waals surface area contributed by atoms with Crippen LogP contribution in [0, 0.1) is 6.92 Å². The van der Waals surface area contributed by atoms with E-state index in [4.69, 9.17) is 9.47 Å². The third-order valence-electron chi connectivity index (χ3n) is 5.52. The van der Waals surface area contributed by atoms with Crippen molar-refractivity contribution in [3.05, 3.63) is 59.8 Å². The van der Waals surface area contributed by atoms with Crippen molar-refractivity contribution < 1.29 is 14.3 Å². The molecule has 0 aliphatic heterocycles. The third-order valence-corrected chi connectivity index (χ3v) is 5.52. The van der Waals surface area contributed by atoms with Crippen LogP contribution in [0.1, 0.15) is 36.8 Å². The van der Waals surface area contributed by atoms with Gasteiger partial charge in [-0.05, 0) is 50.3 Å². The number of nitrogens with one attached hydrogen (secondary N) is 2. The molecule has 6 nitrogen and oxygen atoms in total. The summed E-state index contributed by atoms with van der Waals surface area (Å²) < 4.78 is 11.8. The maximum atomic E-state index is 12.1. The minimum Gasteiger partial charge on any atom is -0.490 e. The number of amides is 1. The van der Waals surface area contributed by atoms with E-state index < -0.39 is 0 Å². The van der Waals surface area contributed by atoms with Gasteiger partial charge in [-0.3, -0.25) is 9.89 Å². The van der Waals surface area contributed by atoms with Crippen LogP contribution < -0.4 is 10.1 Å². The highest BCUT2D eigenvalue weighted by Crippen LogP contribution is 2.30. The number of aromatic amines is 1. The van der Waals surface area contributed by atoms with Crippen molar-refractivity contribution in [1.29, 1.82) is 0 Å². The first kappa shape index (κ1) is 19.5. The van der Waals surface area contributed by atoms with E-state index in [0.717, 1.165) is 53.5 Å². The lowest BCUT2D eigenvalue weighted by Gasteiger charge is -2.30. The lowest BCUT2D eigenvalue weighted by atomic mass is 9.93. The molecule has 2 aromatic carbocycles. The number of hydrogen-bond donors (Lipinski definition) is 2. The molecule has 0 bridgehead atoms. The minimum absolute atomic E-state index is 0.0495. The van der Waals surface area contributed by atoms with Crippen LogP contribution in [0.15, 0.2) is 48.7 Å². The Morgan fingerprint density at radius 1 is 1.14 bits per heavy atom. The number of nitrogens with zero attached hydrogens (tertiary/aromatic N) is 1. The van der Waals surface area contributed by atoms with Gasteiger partial charge in [-0.15, -0.1) is 0 Å². The molecule has 29 heavy (non-hydrogen) atoms. The van der Waals surface area contributed by atoms with Crippen molar-refractivity contribution in [2.45, 2.75) is 51.4 Å². The Bertz CT molecular complexity index is 946. The summed E-state index contributed by atoms with van der Waals surface area (Å²) in [5.74, 6) is 0.868. The van der Waals surface area contributed by atoms with E-state index >= 15 is 0 Å². The van der Waals surface area contributed by atoms with Crippen molar-refractivity contribution in [3.63, 3.8) is 0 Å². The molecule has 152 valence electrons. The van der Waals surface area contributed by atoms with Crippen molar-refractivity contribution in [2.24, 2.45) is 0 Å². The lowest BCUT2D eigenvalue weighted by Crippen LogP contribution is -2.41. The Balaban J connectivity index is 1.20. The average molecular weight is 393 g/mol. The summed E-state index contributed by atoms with van der Waals surface area (Å²) in [4.78, 5) is 12.1. The second-order valence-corrected chi connectivity index (χ2v) is 7.66. The van der Waals surface area contributed by atoms with E-state index in [1.807, 2.05) is 48.7 Å². The largest absolute Gasteiger partial charge is 0.490 e. The smallest absolute Gasteiger partial charge is 0.246 e. The second-order valence-electron chi connectivity index (χ2n) is 7.66. The van der Waals surface area contributed by atoms with Gasteiger partial charge in [0.05, 0.1) is 24.4 Å². The average Bonchev–Trinajstić information content (AvgIpc) is 3.22. The van der Waals surface area contributed by atoms with Gasteiger partial charge in [-0.25, -0.2) is 0 Å². The number of aryl methyl sites for hydroxylation is 1. The molecule has 0 saturated heterocycles. The molecular weight excluding hydrogens is 366 g/mol. The first-order valence-corrected chi connectivity index (χ1v) is 10.2. The van der Waals surface area contributed by atoms with Gasteiger partial charge >= 0.3 is 0 Å². The van der Waals surface area contributed by atoms with Gasteiger partial charge in [-0.2, -0.15) is 5.10 Å². The molecule has 1 aliphatic carbocycles. The maximum absolute atomic E-state index is 12.1. The highest BCUT2D eigenvalue weighted by Gasteiger charge is 2.24. The Morgan fingerprint density at radius 2 is 1.93 bits per heavy atom. The normalized spacial score (nSPS) is 19.2. The summed E-state index contributed by atoms with van der Waals surface area (Å²) in [5.41, 5.74) is 3.21. The monoisotopic (exact) mass is 393 g/mol. The van der Waals surface area contributed by atoms with Gasteiger partial charge in [0.15, 0.2) is 0 Å². The Labute approximate surface area is 170 Å². The van der Waals surface area contributed by atoms with E-state index in [0.29, 0.717) is 6.61 Å². The van der Waals surface area contributed by atoms with Gasteiger partial charge < -0.3 is 14.8 Å². The number of ether oxygens (including phenoxy) is 2. The van der Waals surface area contributed by atoms with Crippen LogP contribution in [-0.2, 0) is 16.1 Å². The number of fused-ring (bicyclic) bond motifs is 1. The zero-order valence-corrected chi connectivity index (χ0v) is 16.7. The summed E-state index contributed by atoms with van der Waals surface area (Å²) >= 11 is 0. The molecule has 2 N–H and O–H groups in total. The molecule has 0 radical (unpaired) electrons. The number of aromatic nitrogens is 2. The molecule has 6 heteroatoms. The summed E-state index contributed by atoms with van der Waals surface area (Å²) in [5, 5.41) is 11.3. The predicted octanol–water partition coefficient (Wildman–Crippen LogP) is 3.89. The molecule has 0 atom stereocenters. The Hall–Kier alpha value is -2.86. The van der Waals surface area contributed by atoms with Crippen LogP contribution in [0.2, 0.25) is 0 Å². The van der Waals surface area contributed by atoms with Gasteiger partial charge in [-0.1, -0.05) is 30.3 Å². The molecule has 1 saturated carbocycles. The van der Waals surface area contributed by atoms with Crippen LogP contribution in [0.4, 0.5) is 0 Å². The van der Waals surface area contributed by atoms with E-state index in [1.165, 1.54) is 0 Å². The summed E-state index contributed by atoms with van der Waals surface area (Å²) in [7, 11) is 0.